The smallest absolute Gasteiger partial charge is 0.263 e. The standard InChI is InChI=1S/C18H22N2O3/c1-13-7-9-20(16(11-13)17-6-4-10-22-17)18(21)14(2)23-15-5-3-8-19-12-15/h3-6,8,10,12-14,16H,7,9,11H2,1-2H3/t13-,14+,16-/m1/s1. The van der Waals surface area contributed by atoms with Gasteiger partial charge >= 0.3 is 0 Å². The number of piperidine rings is 1. The molecule has 1 amide bonds. The lowest BCUT2D eigenvalue weighted by Crippen LogP contribution is -2.46. The highest BCUT2D eigenvalue weighted by molar-refractivity contribution is 5.81. The van der Waals surface area contributed by atoms with Crippen LogP contribution in [0.15, 0.2) is 47.3 Å². The lowest BCUT2D eigenvalue weighted by atomic mass is 9.90. The van der Waals surface area contributed by atoms with Crippen molar-refractivity contribution < 1.29 is 13.9 Å². The maximum Gasteiger partial charge on any atom is 0.263 e. The topological polar surface area (TPSA) is 55.6 Å². The van der Waals surface area contributed by atoms with E-state index in [0.717, 1.165) is 25.1 Å². The third-order valence-electron chi connectivity index (χ3n) is 4.31. The Hall–Kier alpha value is -2.30. The summed E-state index contributed by atoms with van der Waals surface area (Å²) in [4.78, 5) is 18.8. The molecule has 0 saturated carbocycles. The number of pyridine rings is 1. The van der Waals surface area contributed by atoms with Crippen molar-refractivity contribution in [1.29, 1.82) is 0 Å². The predicted molar refractivity (Wildman–Crippen MR) is 85.9 cm³/mol. The van der Waals surface area contributed by atoms with Crippen molar-refractivity contribution in [2.24, 2.45) is 5.92 Å². The average Bonchev–Trinajstić information content (AvgIpc) is 3.09. The summed E-state index contributed by atoms with van der Waals surface area (Å²) in [5, 5.41) is 0. The molecule has 1 fully saturated rings. The highest BCUT2D eigenvalue weighted by Gasteiger charge is 2.35. The molecule has 3 atom stereocenters. The minimum atomic E-state index is -0.551. The Morgan fingerprint density at radius 1 is 1.43 bits per heavy atom. The van der Waals surface area contributed by atoms with Gasteiger partial charge in [0.25, 0.3) is 5.91 Å². The number of furan rings is 1. The first kappa shape index (κ1) is 15.6. The molecule has 1 aliphatic rings. The molecule has 3 rings (SSSR count). The summed E-state index contributed by atoms with van der Waals surface area (Å²) in [6.07, 6.45) is 6.32. The molecule has 1 aliphatic heterocycles. The Bertz CT molecular complexity index is 627. The summed E-state index contributed by atoms with van der Waals surface area (Å²) in [5.74, 6) is 2.01. The Kier molecular flexibility index (Phi) is 4.65. The Morgan fingerprint density at radius 2 is 2.30 bits per heavy atom. The van der Waals surface area contributed by atoms with Gasteiger partial charge in [-0.3, -0.25) is 9.78 Å². The zero-order chi connectivity index (χ0) is 16.2. The number of rotatable bonds is 4. The maximum atomic E-state index is 12.9. The molecule has 23 heavy (non-hydrogen) atoms. The van der Waals surface area contributed by atoms with Gasteiger partial charge in [-0.1, -0.05) is 6.92 Å². The van der Waals surface area contributed by atoms with E-state index in [1.165, 1.54) is 0 Å². The molecule has 5 nitrogen and oxygen atoms in total. The van der Waals surface area contributed by atoms with Crippen LogP contribution in [-0.2, 0) is 4.79 Å². The number of likely N-dealkylation sites (tertiary alicyclic amines) is 1. The van der Waals surface area contributed by atoms with Crippen LogP contribution in [0.1, 0.15) is 38.5 Å². The molecule has 0 unspecified atom stereocenters. The van der Waals surface area contributed by atoms with Gasteiger partial charge in [0.2, 0.25) is 0 Å². The van der Waals surface area contributed by atoms with E-state index in [4.69, 9.17) is 9.15 Å². The third kappa shape index (κ3) is 3.55. The molecule has 0 aromatic carbocycles. The fourth-order valence-electron chi connectivity index (χ4n) is 3.06. The minimum Gasteiger partial charge on any atom is -0.479 e. The fourth-order valence-corrected chi connectivity index (χ4v) is 3.06. The van der Waals surface area contributed by atoms with Crippen molar-refractivity contribution in [3.05, 3.63) is 48.7 Å². The van der Waals surface area contributed by atoms with Gasteiger partial charge in [0.15, 0.2) is 6.10 Å². The highest BCUT2D eigenvalue weighted by atomic mass is 16.5. The number of amides is 1. The number of nitrogens with zero attached hydrogens (tertiary/aromatic N) is 2. The number of carbonyl (C=O) groups is 1. The van der Waals surface area contributed by atoms with Gasteiger partial charge in [0.05, 0.1) is 18.5 Å². The molecular formula is C18H22N2O3. The first-order valence-corrected chi connectivity index (χ1v) is 8.05. The summed E-state index contributed by atoms with van der Waals surface area (Å²) in [5.41, 5.74) is 0. The van der Waals surface area contributed by atoms with Crippen molar-refractivity contribution in [2.45, 2.75) is 38.8 Å². The number of ether oxygens (including phenoxy) is 1. The molecule has 0 bridgehead atoms. The third-order valence-corrected chi connectivity index (χ3v) is 4.31. The molecule has 2 aromatic rings. The van der Waals surface area contributed by atoms with Gasteiger partial charge in [-0.05, 0) is 49.9 Å². The monoisotopic (exact) mass is 314 g/mol. The van der Waals surface area contributed by atoms with Crippen LogP contribution in [0.25, 0.3) is 0 Å². The van der Waals surface area contributed by atoms with Crippen molar-refractivity contribution in [1.82, 2.24) is 9.88 Å². The predicted octanol–water partition coefficient (Wildman–Crippen LogP) is 3.44. The molecular weight excluding hydrogens is 292 g/mol. The molecule has 0 spiro atoms. The van der Waals surface area contributed by atoms with Gasteiger partial charge in [-0.15, -0.1) is 0 Å². The zero-order valence-corrected chi connectivity index (χ0v) is 13.5. The van der Waals surface area contributed by atoms with Crippen molar-refractivity contribution in [3.8, 4) is 5.75 Å². The second-order valence-electron chi connectivity index (χ2n) is 6.14. The van der Waals surface area contributed by atoms with Crippen molar-refractivity contribution in [3.63, 3.8) is 0 Å². The normalized spacial score (nSPS) is 22.6. The number of hydrogen-bond acceptors (Lipinski definition) is 4. The van der Waals surface area contributed by atoms with E-state index in [1.54, 1.807) is 37.7 Å². The SMILES string of the molecule is C[C@@H]1CCN(C(=O)[C@H](C)Oc2cccnc2)[C@@H](c2ccco2)C1. The fraction of sp³-hybridized carbons (Fsp3) is 0.444. The van der Waals surface area contributed by atoms with E-state index in [2.05, 4.69) is 11.9 Å². The highest BCUT2D eigenvalue weighted by Crippen LogP contribution is 2.34. The summed E-state index contributed by atoms with van der Waals surface area (Å²) in [6, 6.07) is 7.39. The van der Waals surface area contributed by atoms with Crippen molar-refractivity contribution >= 4 is 5.91 Å². The first-order chi connectivity index (χ1) is 11.1. The number of aromatic nitrogens is 1. The Morgan fingerprint density at radius 3 is 3.00 bits per heavy atom. The van der Waals surface area contributed by atoms with Crippen LogP contribution >= 0.6 is 0 Å². The molecule has 3 heterocycles. The van der Waals surface area contributed by atoms with E-state index in [1.807, 2.05) is 17.0 Å². The lowest BCUT2D eigenvalue weighted by Gasteiger charge is -2.38. The van der Waals surface area contributed by atoms with Crippen LogP contribution in [0.2, 0.25) is 0 Å². The van der Waals surface area contributed by atoms with E-state index >= 15 is 0 Å². The minimum absolute atomic E-state index is 0.0119. The maximum absolute atomic E-state index is 12.9. The summed E-state index contributed by atoms with van der Waals surface area (Å²) < 4.78 is 11.3. The average molecular weight is 314 g/mol. The second-order valence-corrected chi connectivity index (χ2v) is 6.14. The van der Waals surface area contributed by atoms with Crippen molar-refractivity contribution in [2.75, 3.05) is 6.54 Å². The lowest BCUT2D eigenvalue weighted by molar-refractivity contribution is -0.143. The number of carbonyl (C=O) groups excluding carboxylic acids is 1. The van der Waals surface area contributed by atoms with Crippen LogP contribution < -0.4 is 4.74 Å². The summed E-state index contributed by atoms with van der Waals surface area (Å²) >= 11 is 0. The Balaban J connectivity index is 1.73. The van der Waals surface area contributed by atoms with E-state index in [0.29, 0.717) is 11.7 Å². The molecule has 122 valence electrons. The van der Waals surface area contributed by atoms with Gasteiger partial charge in [0, 0.05) is 12.7 Å². The van der Waals surface area contributed by atoms with Gasteiger partial charge in [-0.2, -0.15) is 0 Å². The van der Waals surface area contributed by atoms with Gasteiger partial charge in [-0.25, -0.2) is 0 Å². The van der Waals surface area contributed by atoms with Gasteiger partial charge in [0.1, 0.15) is 11.5 Å². The van der Waals surface area contributed by atoms with Crippen LogP contribution in [0.3, 0.4) is 0 Å². The molecule has 1 saturated heterocycles. The molecule has 2 aromatic heterocycles. The molecule has 5 heteroatoms. The summed E-state index contributed by atoms with van der Waals surface area (Å²) in [7, 11) is 0. The molecule has 0 N–H and O–H groups in total. The quantitative estimate of drug-likeness (QED) is 0.867. The van der Waals surface area contributed by atoms with Gasteiger partial charge < -0.3 is 14.1 Å². The molecule has 0 aliphatic carbocycles. The summed E-state index contributed by atoms with van der Waals surface area (Å²) in [6.45, 7) is 4.73. The van der Waals surface area contributed by atoms with Crippen LogP contribution in [0, 0.1) is 5.92 Å². The largest absolute Gasteiger partial charge is 0.479 e. The number of hydrogen-bond donors (Lipinski definition) is 0. The second kappa shape index (κ2) is 6.86. The van der Waals surface area contributed by atoms with E-state index in [-0.39, 0.29) is 11.9 Å². The van der Waals surface area contributed by atoms with E-state index < -0.39 is 6.10 Å². The van der Waals surface area contributed by atoms with E-state index in [9.17, 15) is 4.79 Å². The van der Waals surface area contributed by atoms with Crippen LogP contribution in [0.5, 0.6) is 5.75 Å². The zero-order valence-electron chi connectivity index (χ0n) is 13.5. The molecule has 0 radical (unpaired) electrons. The Labute approximate surface area is 136 Å². The first-order valence-electron chi connectivity index (χ1n) is 8.05. The van der Waals surface area contributed by atoms with Crippen LogP contribution in [0.4, 0.5) is 0 Å². The van der Waals surface area contributed by atoms with Crippen LogP contribution in [-0.4, -0.2) is 28.4 Å².